The van der Waals surface area contributed by atoms with E-state index in [0.717, 1.165) is 47.5 Å². The number of carbonyl (C=O) groups is 2. The van der Waals surface area contributed by atoms with Crippen molar-refractivity contribution in [3.63, 3.8) is 0 Å². The number of aromatic nitrogens is 2. The Labute approximate surface area is 175 Å². The highest BCUT2D eigenvalue weighted by Crippen LogP contribution is 2.39. The van der Waals surface area contributed by atoms with Gasteiger partial charge in [0.05, 0.1) is 11.4 Å². The highest BCUT2D eigenvalue weighted by Gasteiger charge is 2.29. The van der Waals surface area contributed by atoms with Crippen molar-refractivity contribution in [1.82, 2.24) is 9.78 Å². The van der Waals surface area contributed by atoms with Crippen LogP contribution in [0.4, 0.5) is 5.69 Å². The van der Waals surface area contributed by atoms with Gasteiger partial charge in [0.15, 0.2) is 12.3 Å². The second-order valence-corrected chi connectivity index (χ2v) is 7.56. The normalized spacial score (nSPS) is 13.1. The van der Waals surface area contributed by atoms with Crippen molar-refractivity contribution in [3.05, 3.63) is 77.1 Å². The summed E-state index contributed by atoms with van der Waals surface area (Å²) in [5.74, 6) is -0.521. The van der Waals surface area contributed by atoms with Crippen molar-refractivity contribution in [2.75, 3.05) is 11.9 Å². The molecule has 1 aliphatic carbocycles. The molecule has 0 atom stereocenters. The summed E-state index contributed by atoms with van der Waals surface area (Å²) in [4.78, 5) is 25.2. The fourth-order valence-electron chi connectivity index (χ4n) is 3.47. The maximum Gasteiger partial charge on any atom is 0.357 e. The number of ether oxygens (including phenoxy) is 1. The van der Waals surface area contributed by atoms with Crippen LogP contribution in [0.2, 0.25) is 0 Å². The molecular weight excluding hydrogens is 378 g/mol. The van der Waals surface area contributed by atoms with E-state index >= 15 is 0 Å². The monoisotopic (exact) mass is 403 g/mol. The highest BCUT2D eigenvalue weighted by atomic mass is 16.5. The lowest BCUT2D eigenvalue weighted by Crippen LogP contribution is -2.23. The molecule has 0 unspecified atom stereocenters. The molecule has 0 radical (unpaired) electrons. The number of hydrogen-bond acceptors (Lipinski definition) is 4. The molecule has 4 rings (SSSR count). The third-order valence-electron chi connectivity index (χ3n) is 5.27. The summed E-state index contributed by atoms with van der Waals surface area (Å²) in [6.45, 7) is 3.63. The van der Waals surface area contributed by atoms with Gasteiger partial charge in [0, 0.05) is 11.6 Å². The molecule has 1 saturated carbocycles. The molecule has 1 amide bonds. The topological polar surface area (TPSA) is 73.2 Å². The van der Waals surface area contributed by atoms with Crippen LogP contribution in [0.1, 0.15) is 53.0 Å². The Kier molecular flexibility index (Phi) is 5.65. The molecule has 30 heavy (non-hydrogen) atoms. The van der Waals surface area contributed by atoms with Crippen LogP contribution < -0.4 is 5.32 Å². The van der Waals surface area contributed by atoms with Crippen LogP contribution in [-0.2, 0) is 16.0 Å². The summed E-state index contributed by atoms with van der Waals surface area (Å²) in [7, 11) is 0. The number of benzene rings is 2. The van der Waals surface area contributed by atoms with Gasteiger partial charge in [0.25, 0.3) is 5.91 Å². The van der Waals surface area contributed by atoms with Gasteiger partial charge in [0.2, 0.25) is 0 Å². The first-order chi connectivity index (χ1) is 14.6. The van der Waals surface area contributed by atoms with Gasteiger partial charge >= 0.3 is 5.97 Å². The van der Waals surface area contributed by atoms with Crippen LogP contribution in [0.15, 0.2) is 54.6 Å². The fraction of sp³-hybridized carbons (Fsp3) is 0.292. The molecule has 1 fully saturated rings. The van der Waals surface area contributed by atoms with Gasteiger partial charge in [-0.25, -0.2) is 9.48 Å². The minimum Gasteiger partial charge on any atom is -0.451 e. The summed E-state index contributed by atoms with van der Waals surface area (Å²) in [5, 5.41) is 7.49. The van der Waals surface area contributed by atoms with Gasteiger partial charge in [-0.15, -0.1) is 0 Å². The fourth-order valence-corrected chi connectivity index (χ4v) is 3.47. The lowest BCUT2D eigenvalue weighted by Gasteiger charge is -2.13. The number of para-hydroxylation sites is 2. The molecule has 154 valence electrons. The van der Waals surface area contributed by atoms with Crippen molar-refractivity contribution in [3.8, 4) is 5.69 Å². The average Bonchev–Trinajstić information content (AvgIpc) is 3.52. The quantitative estimate of drug-likeness (QED) is 0.593. The Morgan fingerprint density at radius 3 is 2.60 bits per heavy atom. The van der Waals surface area contributed by atoms with E-state index in [1.807, 2.05) is 62.4 Å². The van der Waals surface area contributed by atoms with Gasteiger partial charge in [-0.3, -0.25) is 4.79 Å². The van der Waals surface area contributed by atoms with Crippen LogP contribution >= 0.6 is 0 Å². The molecule has 1 heterocycles. The summed E-state index contributed by atoms with van der Waals surface area (Å²) in [6.07, 6.45) is 2.97. The Bertz CT molecular complexity index is 1070. The summed E-state index contributed by atoms with van der Waals surface area (Å²) < 4.78 is 6.94. The minimum absolute atomic E-state index is 0.334. The third kappa shape index (κ3) is 4.27. The highest BCUT2D eigenvalue weighted by molar-refractivity contribution is 5.96. The number of rotatable bonds is 7. The minimum atomic E-state index is -0.561. The number of nitrogens with one attached hydrogen (secondary N) is 1. The first-order valence-corrected chi connectivity index (χ1v) is 10.3. The standard InChI is InChI=1S/C24H25N3O3/c1-3-17-9-7-8-16(2)23(17)25-22(28)15-30-24(29)21-14-20(18-12-13-18)26-27(21)19-10-5-4-6-11-19/h4-11,14,18H,3,12-13,15H2,1-2H3,(H,25,28). The number of carbonyl (C=O) groups excluding carboxylic acids is 2. The molecule has 2 aromatic carbocycles. The number of anilines is 1. The van der Waals surface area contributed by atoms with E-state index in [-0.39, 0.29) is 12.5 Å². The number of esters is 1. The lowest BCUT2D eigenvalue weighted by molar-refractivity contribution is -0.119. The molecule has 0 bridgehead atoms. The van der Waals surface area contributed by atoms with Crippen LogP contribution in [0.3, 0.4) is 0 Å². The molecule has 3 aromatic rings. The largest absolute Gasteiger partial charge is 0.451 e. The van der Waals surface area contributed by atoms with Crippen LogP contribution in [0.5, 0.6) is 0 Å². The molecule has 1 aromatic heterocycles. The summed E-state index contributed by atoms with van der Waals surface area (Å²) in [6, 6.07) is 17.1. The SMILES string of the molecule is CCc1cccc(C)c1NC(=O)COC(=O)c1cc(C2CC2)nn1-c1ccccc1. The van der Waals surface area contributed by atoms with Crippen molar-refractivity contribution in [2.45, 2.75) is 39.0 Å². The van der Waals surface area contributed by atoms with Crippen LogP contribution in [0.25, 0.3) is 5.69 Å². The van der Waals surface area contributed by atoms with Gasteiger partial charge in [-0.1, -0.05) is 43.3 Å². The smallest absolute Gasteiger partial charge is 0.357 e. The Morgan fingerprint density at radius 1 is 1.13 bits per heavy atom. The Morgan fingerprint density at radius 2 is 1.90 bits per heavy atom. The zero-order valence-electron chi connectivity index (χ0n) is 17.2. The molecule has 0 spiro atoms. The predicted molar refractivity (Wildman–Crippen MR) is 115 cm³/mol. The van der Waals surface area contributed by atoms with Crippen molar-refractivity contribution in [1.29, 1.82) is 0 Å². The third-order valence-corrected chi connectivity index (χ3v) is 5.27. The van der Waals surface area contributed by atoms with Crippen LogP contribution in [-0.4, -0.2) is 28.3 Å². The van der Waals surface area contributed by atoms with Crippen molar-refractivity contribution in [2.24, 2.45) is 0 Å². The number of nitrogens with zero attached hydrogens (tertiary/aromatic N) is 2. The zero-order chi connectivity index (χ0) is 21.1. The lowest BCUT2D eigenvalue weighted by atomic mass is 10.1. The molecule has 6 nitrogen and oxygen atoms in total. The van der Waals surface area contributed by atoms with E-state index in [0.29, 0.717) is 11.6 Å². The Hall–Kier alpha value is -3.41. The molecule has 1 N–H and O–H groups in total. The van der Waals surface area contributed by atoms with Gasteiger partial charge < -0.3 is 10.1 Å². The van der Waals surface area contributed by atoms with Gasteiger partial charge in [0.1, 0.15) is 0 Å². The van der Waals surface area contributed by atoms with Crippen LogP contribution in [0, 0.1) is 6.92 Å². The number of aryl methyl sites for hydroxylation is 2. The van der Waals surface area contributed by atoms with E-state index < -0.39 is 5.97 Å². The predicted octanol–water partition coefficient (Wildman–Crippen LogP) is 4.42. The number of amides is 1. The van der Waals surface area contributed by atoms with E-state index in [4.69, 9.17) is 4.74 Å². The van der Waals surface area contributed by atoms with E-state index in [1.165, 1.54) is 0 Å². The maximum absolute atomic E-state index is 12.8. The number of hydrogen-bond donors (Lipinski definition) is 1. The van der Waals surface area contributed by atoms with Gasteiger partial charge in [-0.2, -0.15) is 5.10 Å². The van der Waals surface area contributed by atoms with Crippen molar-refractivity contribution >= 4 is 17.6 Å². The molecule has 0 aliphatic heterocycles. The van der Waals surface area contributed by atoms with E-state index in [1.54, 1.807) is 10.7 Å². The first kappa shape index (κ1) is 19.9. The zero-order valence-corrected chi connectivity index (χ0v) is 17.2. The van der Waals surface area contributed by atoms with E-state index in [2.05, 4.69) is 10.4 Å². The molecule has 0 saturated heterocycles. The first-order valence-electron chi connectivity index (χ1n) is 10.3. The second-order valence-electron chi connectivity index (χ2n) is 7.56. The van der Waals surface area contributed by atoms with Crippen molar-refractivity contribution < 1.29 is 14.3 Å². The average molecular weight is 403 g/mol. The molecular formula is C24H25N3O3. The van der Waals surface area contributed by atoms with Gasteiger partial charge in [-0.05, 0) is 55.5 Å². The van der Waals surface area contributed by atoms with E-state index in [9.17, 15) is 9.59 Å². The Balaban J connectivity index is 1.47. The summed E-state index contributed by atoms with van der Waals surface area (Å²) >= 11 is 0. The maximum atomic E-state index is 12.8. The summed E-state index contributed by atoms with van der Waals surface area (Å²) in [5.41, 5.74) is 4.82. The second kappa shape index (κ2) is 8.53. The molecule has 1 aliphatic rings. The molecule has 6 heteroatoms.